The van der Waals surface area contributed by atoms with Crippen LogP contribution in [0.15, 0.2) is 0 Å². The molecule has 0 bridgehead atoms. The first-order valence-corrected chi connectivity index (χ1v) is 7.81. The standard InChI is InChI=1S/C15H27NO3/c1-11(2)10-16(12-3-4-12)13-9-15(6-5-14(13)17)18-7-8-19-15/h11-14,17H,3-10H2,1-2H3. The quantitative estimate of drug-likeness (QED) is 0.844. The summed E-state index contributed by atoms with van der Waals surface area (Å²) >= 11 is 0. The summed E-state index contributed by atoms with van der Waals surface area (Å²) in [7, 11) is 0. The van der Waals surface area contributed by atoms with Gasteiger partial charge in [0.1, 0.15) is 0 Å². The topological polar surface area (TPSA) is 41.9 Å². The highest BCUT2D eigenvalue weighted by Gasteiger charge is 2.48. The smallest absolute Gasteiger partial charge is 0.170 e. The van der Waals surface area contributed by atoms with Crippen molar-refractivity contribution in [3.8, 4) is 0 Å². The number of nitrogens with zero attached hydrogens (tertiary/aromatic N) is 1. The third kappa shape index (κ3) is 2.97. The SMILES string of the molecule is CC(C)CN(C1CC1)C1CC2(CCC1O)OCCO2. The largest absolute Gasteiger partial charge is 0.391 e. The van der Waals surface area contributed by atoms with E-state index in [1.54, 1.807) is 0 Å². The van der Waals surface area contributed by atoms with Crippen LogP contribution < -0.4 is 0 Å². The first-order valence-electron chi connectivity index (χ1n) is 7.81. The van der Waals surface area contributed by atoms with E-state index in [0.29, 0.717) is 25.2 Å². The Morgan fingerprint density at radius 2 is 1.89 bits per heavy atom. The lowest BCUT2D eigenvalue weighted by molar-refractivity contribution is -0.206. The number of rotatable bonds is 4. The maximum absolute atomic E-state index is 10.4. The zero-order chi connectivity index (χ0) is 13.5. The van der Waals surface area contributed by atoms with Crippen LogP contribution in [0.1, 0.15) is 46.0 Å². The van der Waals surface area contributed by atoms with E-state index in [1.807, 2.05) is 0 Å². The predicted molar refractivity (Wildman–Crippen MR) is 72.8 cm³/mol. The zero-order valence-corrected chi connectivity index (χ0v) is 12.2. The van der Waals surface area contributed by atoms with E-state index < -0.39 is 5.79 Å². The molecule has 4 nitrogen and oxygen atoms in total. The number of hydrogen-bond donors (Lipinski definition) is 1. The molecule has 3 fully saturated rings. The lowest BCUT2D eigenvalue weighted by Crippen LogP contribution is -2.54. The Bertz CT molecular complexity index is 311. The molecule has 1 aliphatic heterocycles. The van der Waals surface area contributed by atoms with Crippen molar-refractivity contribution in [3.05, 3.63) is 0 Å². The second kappa shape index (κ2) is 5.32. The molecule has 2 aliphatic carbocycles. The van der Waals surface area contributed by atoms with Gasteiger partial charge in [0.25, 0.3) is 0 Å². The van der Waals surface area contributed by atoms with Gasteiger partial charge in [0.15, 0.2) is 5.79 Å². The van der Waals surface area contributed by atoms with Crippen molar-refractivity contribution in [2.45, 2.75) is 69.9 Å². The van der Waals surface area contributed by atoms with Crippen molar-refractivity contribution in [1.82, 2.24) is 4.90 Å². The molecule has 4 heteroatoms. The maximum atomic E-state index is 10.4. The summed E-state index contributed by atoms with van der Waals surface area (Å²) in [6, 6.07) is 0.889. The summed E-state index contributed by atoms with van der Waals surface area (Å²) < 4.78 is 11.7. The molecule has 0 aromatic carbocycles. The summed E-state index contributed by atoms with van der Waals surface area (Å²) in [5.74, 6) is 0.240. The molecule has 1 heterocycles. The highest BCUT2D eigenvalue weighted by Crippen LogP contribution is 2.41. The van der Waals surface area contributed by atoms with Gasteiger partial charge in [-0.2, -0.15) is 0 Å². The number of aliphatic hydroxyl groups excluding tert-OH is 1. The van der Waals surface area contributed by atoms with Gasteiger partial charge >= 0.3 is 0 Å². The molecule has 1 spiro atoms. The van der Waals surface area contributed by atoms with Gasteiger partial charge in [-0.3, -0.25) is 4.90 Å². The van der Waals surface area contributed by atoms with E-state index in [4.69, 9.17) is 9.47 Å². The molecule has 3 aliphatic rings. The average Bonchev–Trinajstić information content (AvgIpc) is 3.11. The van der Waals surface area contributed by atoms with Gasteiger partial charge in [0.2, 0.25) is 0 Å². The summed E-state index contributed by atoms with van der Waals surface area (Å²) in [5.41, 5.74) is 0. The van der Waals surface area contributed by atoms with Crippen LogP contribution >= 0.6 is 0 Å². The van der Waals surface area contributed by atoms with Gasteiger partial charge in [-0.1, -0.05) is 13.8 Å². The fourth-order valence-corrected chi connectivity index (χ4v) is 3.60. The minimum Gasteiger partial charge on any atom is -0.391 e. The van der Waals surface area contributed by atoms with Crippen LogP contribution in [-0.2, 0) is 9.47 Å². The van der Waals surface area contributed by atoms with Crippen LogP contribution in [0.4, 0.5) is 0 Å². The van der Waals surface area contributed by atoms with E-state index >= 15 is 0 Å². The van der Waals surface area contributed by atoms with Crippen LogP contribution in [0.5, 0.6) is 0 Å². The number of hydrogen-bond acceptors (Lipinski definition) is 4. The Hall–Kier alpha value is -0.160. The molecule has 0 amide bonds. The molecule has 1 saturated heterocycles. The Labute approximate surface area is 116 Å². The van der Waals surface area contributed by atoms with Crippen LogP contribution in [0.3, 0.4) is 0 Å². The van der Waals surface area contributed by atoms with Crippen molar-refractivity contribution in [2.24, 2.45) is 5.92 Å². The fraction of sp³-hybridized carbons (Fsp3) is 1.00. The monoisotopic (exact) mass is 269 g/mol. The van der Waals surface area contributed by atoms with Gasteiger partial charge in [-0.15, -0.1) is 0 Å². The van der Waals surface area contributed by atoms with Crippen molar-refractivity contribution in [3.63, 3.8) is 0 Å². The molecular formula is C15H27NO3. The Morgan fingerprint density at radius 1 is 1.21 bits per heavy atom. The normalized spacial score (nSPS) is 34.6. The van der Waals surface area contributed by atoms with E-state index in [1.165, 1.54) is 12.8 Å². The van der Waals surface area contributed by atoms with Gasteiger partial charge < -0.3 is 14.6 Å². The molecule has 0 radical (unpaired) electrons. The Balaban J connectivity index is 1.71. The summed E-state index contributed by atoms with van der Waals surface area (Å²) in [4.78, 5) is 2.53. The minimum absolute atomic E-state index is 0.210. The zero-order valence-electron chi connectivity index (χ0n) is 12.2. The van der Waals surface area contributed by atoms with Gasteiger partial charge in [0, 0.05) is 31.5 Å². The highest BCUT2D eigenvalue weighted by atomic mass is 16.7. The summed E-state index contributed by atoms with van der Waals surface area (Å²) in [6.45, 7) is 6.99. The molecule has 2 saturated carbocycles. The minimum atomic E-state index is -0.395. The molecule has 2 atom stereocenters. The molecule has 19 heavy (non-hydrogen) atoms. The third-order valence-electron chi connectivity index (χ3n) is 4.62. The van der Waals surface area contributed by atoms with Crippen molar-refractivity contribution >= 4 is 0 Å². The van der Waals surface area contributed by atoms with Crippen molar-refractivity contribution in [2.75, 3.05) is 19.8 Å². The van der Waals surface area contributed by atoms with Gasteiger partial charge in [0.05, 0.1) is 19.3 Å². The fourth-order valence-electron chi connectivity index (χ4n) is 3.60. The first kappa shape index (κ1) is 13.8. The van der Waals surface area contributed by atoms with Gasteiger partial charge in [-0.25, -0.2) is 0 Å². The summed E-state index contributed by atoms with van der Waals surface area (Å²) in [6.07, 6.45) is 4.81. The predicted octanol–water partition coefficient (Wildman–Crippen LogP) is 1.76. The summed E-state index contributed by atoms with van der Waals surface area (Å²) in [5, 5.41) is 10.4. The lowest BCUT2D eigenvalue weighted by Gasteiger charge is -2.44. The molecular weight excluding hydrogens is 242 g/mol. The highest BCUT2D eigenvalue weighted by molar-refractivity contribution is 4.98. The maximum Gasteiger partial charge on any atom is 0.170 e. The molecule has 2 unspecified atom stereocenters. The second-order valence-electron chi connectivity index (χ2n) is 6.81. The second-order valence-corrected chi connectivity index (χ2v) is 6.81. The van der Waals surface area contributed by atoms with Crippen LogP contribution in [0.2, 0.25) is 0 Å². The van der Waals surface area contributed by atoms with E-state index in [2.05, 4.69) is 18.7 Å². The number of aliphatic hydroxyl groups is 1. The van der Waals surface area contributed by atoms with E-state index in [-0.39, 0.29) is 12.1 Å². The molecule has 0 aromatic heterocycles. The van der Waals surface area contributed by atoms with Crippen LogP contribution in [0.25, 0.3) is 0 Å². The Morgan fingerprint density at radius 3 is 2.47 bits per heavy atom. The lowest BCUT2D eigenvalue weighted by atomic mass is 9.86. The van der Waals surface area contributed by atoms with E-state index in [0.717, 1.165) is 25.8 Å². The first-order chi connectivity index (χ1) is 9.10. The average molecular weight is 269 g/mol. The molecule has 1 N–H and O–H groups in total. The molecule has 0 aromatic rings. The van der Waals surface area contributed by atoms with Crippen LogP contribution in [-0.4, -0.2) is 53.7 Å². The van der Waals surface area contributed by atoms with Crippen LogP contribution in [0, 0.1) is 5.92 Å². The Kier molecular flexibility index (Phi) is 3.87. The molecule has 110 valence electrons. The number of ether oxygens (including phenoxy) is 2. The third-order valence-corrected chi connectivity index (χ3v) is 4.62. The molecule has 3 rings (SSSR count). The van der Waals surface area contributed by atoms with E-state index in [9.17, 15) is 5.11 Å². The van der Waals surface area contributed by atoms with Crippen molar-refractivity contribution in [1.29, 1.82) is 0 Å². The van der Waals surface area contributed by atoms with Crippen molar-refractivity contribution < 1.29 is 14.6 Å². The van der Waals surface area contributed by atoms with Gasteiger partial charge in [-0.05, 0) is 25.2 Å².